The van der Waals surface area contributed by atoms with Crippen LogP contribution >= 0.6 is 11.8 Å². The molecule has 3 aromatic rings. The lowest BCUT2D eigenvalue weighted by Crippen LogP contribution is -2.14. The molecular formula is C16H16N4O3S2. The number of nitrogens with two attached hydrogens (primary N) is 1. The SMILES string of the molecule is Cn1c(SCC(=O)Nc2ccccc2)nc2cc(S(N)(=O)=O)ccc21. The van der Waals surface area contributed by atoms with Gasteiger partial charge in [-0.15, -0.1) is 0 Å². The van der Waals surface area contributed by atoms with Gasteiger partial charge in [-0.1, -0.05) is 30.0 Å². The van der Waals surface area contributed by atoms with Crippen LogP contribution in [-0.4, -0.2) is 29.6 Å². The second-order valence-electron chi connectivity index (χ2n) is 5.35. The van der Waals surface area contributed by atoms with Gasteiger partial charge in [-0.25, -0.2) is 18.5 Å². The Morgan fingerprint density at radius 3 is 2.64 bits per heavy atom. The summed E-state index contributed by atoms with van der Waals surface area (Å²) in [6.45, 7) is 0. The molecule has 0 saturated carbocycles. The zero-order chi connectivity index (χ0) is 18.0. The standard InChI is InChI=1S/C16H16N4O3S2/c1-20-14-8-7-12(25(17,22)23)9-13(14)19-16(20)24-10-15(21)18-11-5-3-2-4-6-11/h2-9H,10H2,1H3,(H,18,21)(H2,17,22,23). The number of amides is 1. The number of para-hydroxylation sites is 1. The highest BCUT2D eigenvalue weighted by Gasteiger charge is 2.14. The number of hydrogen-bond donors (Lipinski definition) is 2. The van der Waals surface area contributed by atoms with Gasteiger partial charge in [-0.3, -0.25) is 4.79 Å². The Morgan fingerprint density at radius 2 is 1.96 bits per heavy atom. The Kier molecular flexibility index (Phi) is 4.80. The van der Waals surface area contributed by atoms with Crippen LogP contribution in [0.1, 0.15) is 0 Å². The van der Waals surface area contributed by atoms with E-state index in [1.165, 1.54) is 23.9 Å². The molecule has 0 spiro atoms. The summed E-state index contributed by atoms with van der Waals surface area (Å²) in [6, 6.07) is 13.7. The molecule has 130 valence electrons. The highest BCUT2D eigenvalue weighted by atomic mass is 32.2. The molecule has 0 atom stereocenters. The van der Waals surface area contributed by atoms with Crippen LogP contribution in [0.4, 0.5) is 5.69 Å². The second kappa shape index (κ2) is 6.87. The van der Waals surface area contributed by atoms with E-state index in [4.69, 9.17) is 5.14 Å². The number of nitrogens with zero attached hydrogens (tertiary/aromatic N) is 2. The Balaban J connectivity index is 1.75. The molecule has 1 aromatic heterocycles. The van der Waals surface area contributed by atoms with Crippen LogP contribution in [0.2, 0.25) is 0 Å². The number of carbonyl (C=O) groups is 1. The number of benzene rings is 2. The monoisotopic (exact) mass is 376 g/mol. The molecule has 3 rings (SSSR count). The van der Waals surface area contributed by atoms with Crippen molar-refractivity contribution in [3.05, 3.63) is 48.5 Å². The Labute approximate surface area is 149 Å². The van der Waals surface area contributed by atoms with E-state index in [1.807, 2.05) is 41.9 Å². The van der Waals surface area contributed by atoms with Crippen molar-refractivity contribution in [2.45, 2.75) is 10.1 Å². The first-order valence-electron chi connectivity index (χ1n) is 7.31. The van der Waals surface area contributed by atoms with Crippen LogP contribution in [0.15, 0.2) is 58.6 Å². The molecule has 0 aliphatic rings. The number of fused-ring (bicyclic) bond motifs is 1. The summed E-state index contributed by atoms with van der Waals surface area (Å²) in [4.78, 5) is 16.4. The number of sulfonamides is 1. The number of aromatic nitrogens is 2. The van der Waals surface area contributed by atoms with Crippen LogP contribution in [0.3, 0.4) is 0 Å². The summed E-state index contributed by atoms with van der Waals surface area (Å²) in [5.74, 6) is 0.0437. The van der Waals surface area contributed by atoms with E-state index in [-0.39, 0.29) is 16.6 Å². The largest absolute Gasteiger partial charge is 0.325 e. The lowest BCUT2D eigenvalue weighted by molar-refractivity contribution is -0.113. The summed E-state index contributed by atoms with van der Waals surface area (Å²) in [5, 5.41) is 8.56. The number of imidazole rings is 1. The quantitative estimate of drug-likeness (QED) is 0.662. The summed E-state index contributed by atoms with van der Waals surface area (Å²) >= 11 is 1.27. The fourth-order valence-electron chi connectivity index (χ4n) is 2.31. The predicted molar refractivity (Wildman–Crippen MR) is 97.9 cm³/mol. The van der Waals surface area contributed by atoms with Crippen molar-refractivity contribution in [1.82, 2.24) is 9.55 Å². The van der Waals surface area contributed by atoms with Crippen LogP contribution in [0.5, 0.6) is 0 Å². The van der Waals surface area contributed by atoms with Gasteiger partial charge in [0, 0.05) is 12.7 Å². The minimum atomic E-state index is -3.78. The molecule has 0 fully saturated rings. The zero-order valence-electron chi connectivity index (χ0n) is 13.3. The lowest BCUT2D eigenvalue weighted by atomic mass is 10.3. The molecule has 3 N–H and O–H groups in total. The van der Waals surface area contributed by atoms with Crippen LogP contribution in [-0.2, 0) is 21.9 Å². The van der Waals surface area contributed by atoms with E-state index in [2.05, 4.69) is 10.3 Å². The molecule has 0 saturated heterocycles. The van der Waals surface area contributed by atoms with Gasteiger partial charge < -0.3 is 9.88 Å². The van der Waals surface area contributed by atoms with Crippen LogP contribution in [0.25, 0.3) is 11.0 Å². The number of nitrogens with one attached hydrogen (secondary N) is 1. The third-order valence-electron chi connectivity index (χ3n) is 3.53. The molecule has 25 heavy (non-hydrogen) atoms. The predicted octanol–water partition coefficient (Wildman–Crippen LogP) is 1.95. The molecule has 0 radical (unpaired) electrons. The van der Waals surface area contributed by atoms with Crippen molar-refractivity contribution in [3.8, 4) is 0 Å². The van der Waals surface area contributed by atoms with Gasteiger partial charge in [-0.05, 0) is 30.3 Å². The van der Waals surface area contributed by atoms with Crippen molar-refractivity contribution < 1.29 is 13.2 Å². The number of carbonyl (C=O) groups excluding carboxylic acids is 1. The van der Waals surface area contributed by atoms with E-state index in [9.17, 15) is 13.2 Å². The van der Waals surface area contributed by atoms with Crippen LogP contribution < -0.4 is 10.5 Å². The second-order valence-corrected chi connectivity index (χ2v) is 7.86. The Hall–Kier alpha value is -2.36. The maximum Gasteiger partial charge on any atom is 0.238 e. The van der Waals surface area contributed by atoms with Gasteiger partial charge in [0.1, 0.15) is 0 Å². The molecule has 2 aromatic carbocycles. The minimum absolute atomic E-state index is 0.0106. The van der Waals surface area contributed by atoms with Crippen molar-refractivity contribution in [3.63, 3.8) is 0 Å². The number of aryl methyl sites for hydroxylation is 1. The van der Waals surface area contributed by atoms with Crippen molar-refractivity contribution in [2.75, 3.05) is 11.1 Å². The summed E-state index contributed by atoms with van der Waals surface area (Å²) in [7, 11) is -1.97. The highest BCUT2D eigenvalue weighted by molar-refractivity contribution is 7.99. The van der Waals surface area contributed by atoms with Gasteiger partial charge in [0.2, 0.25) is 15.9 Å². The summed E-state index contributed by atoms with van der Waals surface area (Å²) < 4.78 is 24.7. The Morgan fingerprint density at radius 1 is 1.24 bits per heavy atom. The molecule has 0 aliphatic heterocycles. The molecular weight excluding hydrogens is 360 g/mol. The smallest absolute Gasteiger partial charge is 0.238 e. The normalized spacial score (nSPS) is 11.6. The molecule has 0 bridgehead atoms. The average molecular weight is 376 g/mol. The summed E-state index contributed by atoms with van der Waals surface area (Å²) in [5.41, 5.74) is 2.01. The lowest BCUT2D eigenvalue weighted by Gasteiger charge is -2.05. The van der Waals surface area contributed by atoms with Gasteiger partial charge in [0.05, 0.1) is 21.7 Å². The maximum atomic E-state index is 12.0. The molecule has 0 unspecified atom stereocenters. The first-order valence-corrected chi connectivity index (χ1v) is 9.85. The van der Waals surface area contributed by atoms with E-state index in [0.717, 1.165) is 11.2 Å². The van der Waals surface area contributed by atoms with Gasteiger partial charge >= 0.3 is 0 Å². The van der Waals surface area contributed by atoms with E-state index >= 15 is 0 Å². The van der Waals surface area contributed by atoms with Crippen molar-refractivity contribution >= 4 is 44.4 Å². The average Bonchev–Trinajstić information content (AvgIpc) is 2.89. The topological polar surface area (TPSA) is 107 Å². The van der Waals surface area contributed by atoms with Crippen LogP contribution in [0, 0.1) is 0 Å². The number of primary sulfonamides is 1. The van der Waals surface area contributed by atoms with Gasteiger partial charge in [0.25, 0.3) is 0 Å². The number of rotatable bonds is 5. The fourth-order valence-corrected chi connectivity index (χ4v) is 3.63. The van der Waals surface area contributed by atoms with Crippen molar-refractivity contribution in [2.24, 2.45) is 12.2 Å². The van der Waals surface area contributed by atoms with E-state index in [1.54, 1.807) is 6.07 Å². The first kappa shape index (κ1) is 17.5. The zero-order valence-corrected chi connectivity index (χ0v) is 15.0. The first-order chi connectivity index (χ1) is 11.8. The van der Waals surface area contributed by atoms with E-state index < -0.39 is 10.0 Å². The number of anilines is 1. The highest BCUT2D eigenvalue weighted by Crippen LogP contribution is 2.24. The molecule has 9 heteroatoms. The van der Waals surface area contributed by atoms with Gasteiger partial charge in [-0.2, -0.15) is 0 Å². The van der Waals surface area contributed by atoms with E-state index in [0.29, 0.717) is 10.7 Å². The van der Waals surface area contributed by atoms with Gasteiger partial charge in [0.15, 0.2) is 5.16 Å². The molecule has 1 amide bonds. The molecule has 7 nitrogen and oxygen atoms in total. The third kappa shape index (κ3) is 4.01. The fraction of sp³-hybridized carbons (Fsp3) is 0.125. The maximum absolute atomic E-state index is 12.0. The summed E-state index contributed by atoms with van der Waals surface area (Å²) in [6.07, 6.45) is 0. The third-order valence-corrected chi connectivity index (χ3v) is 5.47. The molecule has 1 heterocycles. The number of hydrogen-bond acceptors (Lipinski definition) is 5. The van der Waals surface area contributed by atoms with Crippen molar-refractivity contribution in [1.29, 1.82) is 0 Å². The Bertz CT molecular complexity index is 1030. The number of thioether (sulfide) groups is 1. The minimum Gasteiger partial charge on any atom is -0.325 e. The molecule has 0 aliphatic carbocycles.